The summed E-state index contributed by atoms with van der Waals surface area (Å²) in [5.41, 5.74) is 0. The Bertz CT molecular complexity index is 440. The molecule has 1 unspecified atom stereocenters. The Morgan fingerprint density at radius 3 is 1.65 bits per heavy atom. The van der Waals surface area contributed by atoms with Crippen molar-refractivity contribution in [2.24, 2.45) is 0 Å². The van der Waals surface area contributed by atoms with Crippen LogP contribution in [-0.2, 0) is 10.8 Å². The first-order valence-electron chi connectivity index (χ1n) is 5.21. The standard InChI is InChI=1S/C7H8OS.C7H8S/c1-9(8)7-5-3-2-4-6-7;1-8-7-5-3-2-4-6-7/h2-6H,1H3;2-6H,1H3. The summed E-state index contributed by atoms with van der Waals surface area (Å²) in [7, 11) is -0.829. The Morgan fingerprint density at radius 2 is 1.35 bits per heavy atom. The summed E-state index contributed by atoms with van der Waals surface area (Å²) in [6.07, 6.45) is 3.75. The minimum Gasteiger partial charge on any atom is -0.255 e. The third-order valence-electron chi connectivity index (χ3n) is 2.05. The summed E-state index contributed by atoms with van der Waals surface area (Å²) in [4.78, 5) is 2.21. The van der Waals surface area contributed by atoms with Crippen molar-refractivity contribution < 1.29 is 4.21 Å². The maximum atomic E-state index is 10.8. The molecule has 0 saturated heterocycles. The molecule has 0 aromatic heterocycles. The van der Waals surface area contributed by atoms with E-state index in [0.717, 1.165) is 4.90 Å². The summed E-state index contributed by atoms with van der Waals surface area (Å²) in [6, 6.07) is 19.7. The van der Waals surface area contributed by atoms with Gasteiger partial charge in [0.15, 0.2) is 0 Å². The van der Waals surface area contributed by atoms with Crippen LogP contribution in [0.1, 0.15) is 0 Å². The molecule has 1 atom stereocenters. The molecule has 2 rings (SSSR count). The number of thioether (sulfide) groups is 1. The van der Waals surface area contributed by atoms with Crippen LogP contribution >= 0.6 is 11.8 Å². The highest BCUT2D eigenvalue weighted by molar-refractivity contribution is 7.98. The number of rotatable bonds is 2. The van der Waals surface area contributed by atoms with Crippen molar-refractivity contribution in [3.05, 3.63) is 60.7 Å². The van der Waals surface area contributed by atoms with Gasteiger partial charge in [-0.1, -0.05) is 36.4 Å². The van der Waals surface area contributed by atoms with E-state index in [9.17, 15) is 4.21 Å². The van der Waals surface area contributed by atoms with E-state index in [4.69, 9.17) is 0 Å². The van der Waals surface area contributed by atoms with Gasteiger partial charge in [0.05, 0.1) is 0 Å². The van der Waals surface area contributed by atoms with Crippen molar-refractivity contribution >= 4 is 22.6 Å². The molecule has 0 heterocycles. The van der Waals surface area contributed by atoms with Gasteiger partial charge < -0.3 is 0 Å². The van der Waals surface area contributed by atoms with Crippen LogP contribution in [0.25, 0.3) is 0 Å². The Morgan fingerprint density at radius 1 is 0.882 bits per heavy atom. The monoisotopic (exact) mass is 264 g/mol. The largest absolute Gasteiger partial charge is 0.255 e. The average Bonchev–Trinajstić information content (AvgIpc) is 2.41. The van der Waals surface area contributed by atoms with Gasteiger partial charge >= 0.3 is 0 Å². The molecule has 0 radical (unpaired) electrons. The molecule has 1 nitrogen and oxygen atoms in total. The smallest absolute Gasteiger partial charge is 0.0498 e. The maximum absolute atomic E-state index is 10.8. The van der Waals surface area contributed by atoms with Crippen molar-refractivity contribution in [2.45, 2.75) is 9.79 Å². The molecule has 0 aliphatic rings. The molecule has 3 heteroatoms. The molecular weight excluding hydrogens is 248 g/mol. The van der Waals surface area contributed by atoms with Gasteiger partial charge in [-0.15, -0.1) is 11.8 Å². The van der Waals surface area contributed by atoms with Crippen LogP contribution in [0.5, 0.6) is 0 Å². The minimum atomic E-state index is -0.829. The summed E-state index contributed by atoms with van der Waals surface area (Å²) >= 11 is 1.77. The van der Waals surface area contributed by atoms with Gasteiger partial charge in [0.1, 0.15) is 0 Å². The summed E-state index contributed by atoms with van der Waals surface area (Å²) < 4.78 is 10.8. The second-order valence-corrected chi connectivity index (χ2v) is 5.54. The van der Waals surface area contributed by atoms with E-state index in [2.05, 4.69) is 18.4 Å². The average molecular weight is 264 g/mol. The molecule has 0 fully saturated rings. The Balaban J connectivity index is 0.000000171. The molecule has 0 bridgehead atoms. The topological polar surface area (TPSA) is 17.1 Å². The van der Waals surface area contributed by atoms with Crippen molar-refractivity contribution in [1.82, 2.24) is 0 Å². The van der Waals surface area contributed by atoms with E-state index in [1.807, 2.05) is 48.5 Å². The molecule has 0 aliphatic heterocycles. The molecule has 2 aromatic rings. The fourth-order valence-corrected chi connectivity index (χ4v) is 2.14. The summed E-state index contributed by atoms with van der Waals surface area (Å²) in [6.45, 7) is 0. The second kappa shape index (κ2) is 8.09. The first kappa shape index (κ1) is 14.0. The molecule has 90 valence electrons. The molecule has 0 amide bonds. The van der Waals surface area contributed by atoms with Gasteiger partial charge in [-0.05, 0) is 30.5 Å². The normalized spacial score (nSPS) is 11.2. The Kier molecular flexibility index (Phi) is 6.67. The summed E-state index contributed by atoms with van der Waals surface area (Å²) in [5.74, 6) is 0. The van der Waals surface area contributed by atoms with Gasteiger partial charge in [-0.3, -0.25) is 4.21 Å². The van der Waals surface area contributed by atoms with Gasteiger partial charge in [-0.25, -0.2) is 0 Å². The lowest BCUT2D eigenvalue weighted by Gasteiger charge is -1.90. The lowest BCUT2D eigenvalue weighted by Crippen LogP contribution is -1.83. The van der Waals surface area contributed by atoms with Crippen LogP contribution in [0.3, 0.4) is 0 Å². The zero-order valence-corrected chi connectivity index (χ0v) is 11.6. The van der Waals surface area contributed by atoms with E-state index < -0.39 is 10.8 Å². The highest BCUT2D eigenvalue weighted by atomic mass is 32.2. The van der Waals surface area contributed by atoms with Crippen LogP contribution < -0.4 is 0 Å². The van der Waals surface area contributed by atoms with Crippen molar-refractivity contribution in [2.75, 3.05) is 12.5 Å². The molecular formula is C14H16OS2. The zero-order chi connectivity index (χ0) is 12.5. The minimum absolute atomic E-state index is 0.829. The van der Waals surface area contributed by atoms with Gasteiger partial charge in [0, 0.05) is 26.8 Å². The second-order valence-electron chi connectivity index (χ2n) is 3.28. The maximum Gasteiger partial charge on any atom is 0.0498 e. The van der Waals surface area contributed by atoms with Crippen LogP contribution in [0.2, 0.25) is 0 Å². The number of hydrogen-bond donors (Lipinski definition) is 0. The molecule has 17 heavy (non-hydrogen) atoms. The number of hydrogen-bond acceptors (Lipinski definition) is 2. The molecule has 0 N–H and O–H groups in total. The number of benzene rings is 2. The quantitative estimate of drug-likeness (QED) is 0.767. The first-order valence-corrected chi connectivity index (χ1v) is 8.00. The third kappa shape index (κ3) is 5.71. The third-order valence-corrected chi connectivity index (χ3v) is 3.73. The van der Waals surface area contributed by atoms with E-state index in [1.54, 1.807) is 18.0 Å². The van der Waals surface area contributed by atoms with Gasteiger partial charge in [0.25, 0.3) is 0 Å². The van der Waals surface area contributed by atoms with E-state index in [-0.39, 0.29) is 0 Å². The van der Waals surface area contributed by atoms with Crippen LogP contribution in [0, 0.1) is 0 Å². The fraction of sp³-hybridized carbons (Fsp3) is 0.143. The van der Waals surface area contributed by atoms with Crippen molar-refractivity contribution in [3.63, 3.8) is 0 Å². The fourth-order valence-electron chi connectivity index (χ4n) is 1.17. The predicted molar refractivity (Wildman–Crippen MR) is 77.0 cm³/mol. The van der Waals surface area contributed by atoms with Crippen molar-refractivity contribution in [3.8, 4) is 0 Å². The SMILES string of the molecule is CS(=O)c1ccccc1.CSc1ccccc1. The lowest BCUT2D eigenvalue weighted by molar-refractivity contribution is 0.687. The van der Waals surface area contributed by atoms with E-state index >= 15 is 0 Å². The van der Waals surface area contributed by atoms with Crippen molar-refractivity contribution in [1.29, 1.82) is 0 Å². The first-order chi connectivity index (χ1) is 8.24. The molecule has 0 aliphatic carbocycles. The summed E-state index contributed by atoms with van der Waals surface area (Å²) in [5, 5.41) is 0. The van der Waals surface area contributed by atoms with Crippen LogP contribution in [-0.4, -0.2) is 16.7 Å². The predicted octanol–water partition coefficient (Wildman–Crippen LogP) is 3.83. The van der Waals surface area contributed by atoms with Crippen LogP contribution in [0.15, 0.2) is 70.5 Å². The zero-order valence-electron chi connectivity index (χ0n) is 10.00. The highest BCUT2D eigenvalue weighted by Gasteiger charge is 1.90. The highest BCUT2D eigenvalue weighted by Crippen LogP contribution is 2.11. The molecule has 0 saturated carbocycles. The van der Waals surface area contributed by atoms with Crippen LogP contribution in [0.4, 0.5) is 0 Å². The molecule has 0 spiro atoms. The Labute approximate surface area is 110 Å². The van der Waals surface area contributed by atoms with E-state index in [0.29, 0.717) is 0 Å². The van der Waals surface area contributed by atoms with Gasteiger partial charge in [0.2, 0.25) is 0 Å². The molecule has 2 aromatic carbocycles. The lowest BCUT2D eigenvalue weighted by atomic mass is 10.4. The van der Waals surface area contributed by atoms with Gasteiger partial charge in [-0.2, -0.15) is 0 Å². The van der Waals surface area contributed by atoms with E-state index in [1.165, 1.54) is 4.90 Å². The Hall–Kier alpha value is -1.06.